The number of hydrogen-bond donors (Lipinski definition) is 1. The maximum absolute atomic E-state index is 14.1. The van der Waals surface area contributed by atoms with Gasteiger partial charge in [-0.25, -0.2) is 0 Å². The first kappa shape index (κ1) is 41.3. The third kappa shape index (κ3) is 9.27. The summed E-state index contributed by atoms with van der Waals surface area (Å²) in [5.41, 5.74) is 5.47. The van der Waals surface area contributed by atoms with Crippen molar-refractivity contribution in [1.29, 1.82) is 0 Å². The topological polar surface area (TPSA) is 66.8 Å². The molecule has 0 spiro atoms. The average molecular weight is 760 g/mol. The largest absolute Gasteiger partial charge is 0.506 e. The second kappa shape index (κ2) is 19.2. The standard InChI is InChI=1S/C50H66N2O4/c1-7-9-11-13-15-17-19-23-31-51-43-29-28-38(55-36(3)4)33-42(43)50(5,6)45(51)34-40-48(53)41(49(40)54)35-46-52(32-24-20-18-16-14-12-10-8-2)47-39-26-22-21-25-37(39)27-30-44(47)56-46/h21-22,25-30,33-36H,7-20,23-24,31-32H2,1-6H3/p+1. The van der Waals surface area contributed by atoms with Crippen LogP contribution >= 0.6 is 0 Å². The van der Waals surface area contributed by atoms with Gasteiger partial charge in [0.2, 0.25) is 11.4 Å². The van der Waals surface area contributed by atoms with Gasteiger partial charge >= 0.3 is 5.89 Å². The van der Waals surface area contributed by atoms with E-state index in [-0.39, 0.29) is 17.6 Å². The second-order valence-corrected chi connectivity index (χ2v) is 17.0. The van der Waals surface area contributed by atoms with E-state index < -0.39 is 5.41 Å². The molecule has 0 saturated heterocycles. The van der Waals surface area contributed by atoms with Crippen LogP contribution in [0.1, 0.15) is 156 Å². The highest BCUT2D eigenvalue weighted by atomic mass is 16.5. The third-order valence-corrected chi connectivity index (χ3v) is 11.9. The summed E-state index contributed by atoms with van der Waals surface area (Å²) in [4.78, 5) is 16.4. The van der Waals surface area contributed by atoms with Crippen molar-refractivity contribution in [3.63, 3.8) is 0 Å². The second-order valence-electron chi connectivity index (χ2n) is 17.0. The minimum absolute atomic E-state index is 0.0362. The van der Waals surface area contributed by atoms with E-state index in [2.05, 4.69) is 85.7 Å². The van der Waals surface area contributed by atoms with Crippen LogP contribution in [0.5, 0.6) is 5.75 Å². The van der Waals surface area contributed by atoms with Gasteiger partial charge in [-0.3, -0.25) is 4.79 Å². The summed E-state index contributed by atoms with van der Waals surface area (Å²) in [5.74, 6) is 1.34. The molecule has 0 amide bonds. The normalized spacial score (nSPS) is 16.6. The number of Topliss-reactive ketones (excluding diaryl/α,β-unsaturated/α-hetero) is 1. The van der Waals surface area contributed by atoms with Crippen molar-refractivity contribution in [2.24, 2.45) is 0 Å². The van der Waals surface area contributed by atoms with Gasteiger partial charge in [0.1, 0.15) is 11.5 Å². The quantitative estimate of drug-likeness (QED) is 0.0491. The number of carbonyl (C=O) groups is 1. The van der Waals surface area contributed by atoms with Gasteiger partial charge in [0.15, 0.2) is 6.54 Å². The molecule has 0 saturated carbocycles. The molecule has 4 aromatic rings. The SMILES string of the molecule is CCCCCCCCCCN1C(=CC2=C(O)C(=Cc3oc4ccc5ccccc5c4[n+]3CCCCCCCCCC)C2=O)C(C)(C)c2cc(OC(C)C)ccc21. The first-order chi connectivity index (χ1) is 27.1. The molecule has 0 fully saturated rings. The van der Waals surface area contributed by atoms with Crippen LogP contribution in [-0.2, 0) is 16.8 Å². The van der Waals surface area contributed by atoms with Crippen LogP contribution in [0.25, 0.3) is 27.9 Å². The molecule has 300 valence electrons. The lowest BCUT2D eigenvalue weighted by Gasteiger charge is -2.29. The van der Waals surface area contributed by atoms with Gasteiger partial charge < -0.3 is 19.2 Å². The number of aromatic nitrogens is 1. The highest BCUT2D eigenvalue weighted by Gasteiger charge is 2.43. The van der Waals surface area contributed by atoms with Gasteiger partial charge in [-0.15, -0.1) is 0 Å². The van der Waals surface area contributed by atoms with E-state index in [1.807, 2.05) is 26.0 Å². The third-order valence-electron chi connectivity index (χ3n) is 11.9. The Labute approximate surface area is 336 Å². The van der Waals surface area contributed by atoms with Crippen molar-refractivity contribution in [2.45, 2.75) is 162 Å². The van der Waals surface area contributed by atoms with Gasteiger partial charge in [-0.2, -0.15) is 4.57 Å². The number of ketones is 1. The van der Waals surface area contributed by atoms with Crippen molar-refractivity contribution in [3.05, 3.63) is 94.7 Å². The van der Waals surface area contributed by atoms with E-state index in [4.69, 9.17) is 9.15 Å². The maximum Gasteiger partial charge on any atom is 0.375 e. The molecule has 1 aliphatic carbocycles. The molecular formula is C50H67N2O4+. The number of aliphatic hydroxyl groups is 1. The van der Waals surface area contributed by atoms with Crippen molar-refractivity contribution >= 4 is 39.4 Å². The molecule has 0 radical (unpaired) electrons. The number of benzene rings is 3. The molecule has 1 aromatic heterocycles. The van der Waals surface area contributed by atoms with E-state index in [1.54, 1.807) is 6.08 Å². The monoisotopic (exact) mass is 760 g/mol. The zero-order valence-corrected chi connectivity index (χ0v) is 35.2. The molecule has 6 heteroatoms. The average Bonchev–Trinajstić information content (AvgIpc) is 3.64. The maximum atomic E-state index is 14.1. The van der Waals surface area contributed by atoms with E-state index >= 15 is 0 Å². The van der Waals surface area contributed by atoms with Crippen molar-refractivity contribution in [1.82, 2.24) is 0 Å². The van der Waals surface area contributed by atoms with Gasteiger partial charge in [-0.05, 0) is 74.0 Å². The number of allylic oxidation sites excluding steroid dienone is 4. The minimum atomic E-state index is -0.391. The number of fused-ring (bicyclic) bond motifs is 4. The van der Waals surface area contributed by atoms with Crippen molar-refractivity contribution in [2.75, 3.05) is 11.4 Å². The van der Waals surface area contributed by atoms with E-state index in [0.29, 0.717) is 17.0 Å². The Morgan fingerprint density at radius 3 is 2.11 bits per heavy atom. The molecule has 1 aliphatic heterocycles. The zero-order chi connectivity index (χ0) is 39.7. The van der Waals surface area contributed by atoms with Gasteiger partial charge in [0, 0.05) is 29.8 Å². The Balaban J connectivity index is 1.28. The van der Waals surface area contributed by atoms with Crippen LogP contribution in [0.3, 0.4) is 0 Å². The molecule has 56 heavy (non-hydrogen) atoms. The molecule has 1 N–H and O–H groups in total. The number of rotatable bonds is 22. The summed E-state index contributed by atoms with van der Waals surface area (Å²) >= 11 is 0. The lowest BCUT2D eigenvalue weighted by Crippen LogP contribution is -2.36. The Bertz CT molecular complexity index is 2060. The Hall–Kier alpha value is -4.32. The summed E-state index contributed by atoms with van der Waals surface area (Å²) in [6, 6.07) is 18.9. The Morgan fingerprint density at radius 1 is 0.804 bits per heavy atom. The number of unbranched alkanes of at least 4 members (excludes halogenated alkanes) is 14. The summed E-state index contributed by atoms with van der Waals surface area (Å²) in [6.07, 6.45) is 23.6. The lowest BCUT2D eigenvalue weighted by atomic mass is 9.80. The predicted octanol–water partition coefficient (Wildman–Crippen LogP) is 13.4. The number of nitrogens with zero attached hydrogens (tertiary/aromatic N) is 2. The van der Waals surface area contributed by atoms with E-state index in [9.17, 15) is 9.90 Å². The van der Waals surface area contributed by atoms with Crippen LogP contribution in [0.4, 0.5) is 5.69 Å². The Morgan fingerprint density at radius 2 is 1.45 bits per heavy atom. The molecule has 0 atom stereocenters. The summed E-state index contributed by atoms with van der Waals surface area (Å²) in [5, 5.41) is 13.9. The molecule has 3 aromatic carbocycles. The minimum Gasteiger partial charge on any atom is -0.506 e. The highest BCUT2D eigenvalue weighted by molar-refractivity contribution is 6.23. The molecule has 6 rings (SSSR count). The van der Waals surface area contributed by atoms with Crippen LogP contribution in [0.2, 0.25) is 0 Å². The summed E-state index contributed by atoms with van der Waals surface area (Å²) < 4.78 is 14.8. The van der Waals surface area contributed by atoms with E-state index in [0.717, 1.165) is 71.4 Å². The molecule has 2 heterocycles. The molecular weight excluding hydrogens is 693 g/mol. The molecule has 2 aliphatic rings. The van der Waals surface area contributed by atoms with Gasteiger partial charge in [0.05, 0.1) is 28.7 Å². The molecule has 0 unspecified atom stereocenters. The highest BCUT2D eigenvalue weighted by Crippen LogP contribution is 2.50. The van der Waals surface area contributed by atoms with Crippen LogP contribution in [0.15, 0.2) is 87.7 Å². The fraction of sp³-hybridized carbons (Fsp3) is 0.520. The van der Waals surface area contributed by atoms with Crippen molar-refractivity contribution in [3.8, 4) is 5.75 Å². The lowest BCUT2D eigenvalue weighted by molar-refractivity contribution is -0.677. The number of ether oxygens (including phenoxy) is 1. The van der Waals surface area contributed by atoms with Crippen molar-refractivity contribution < 1.29 is 23.6 Å². The van der Waals surface area contributed by atoms with Crippen LogP contribution < -0.4 is 14.2 Å². The van der Waals surface area contributed by atoms with Crippen LogP contribution in [0, 0.1) is 0 Å². The van der Waals surface area contributed by atoms with Gasteiger partial charge in [0.25, 0.3) is 5.52 Å². The Kier molecular flexibility index (Phi) is 14.2. The fourth-order valence-electron chi connectivity index (χ4n) is 8.68. The summed E-state index contributed by atoms with van der Waals surface area (Å²) in [7, 11) is 0. The smallest absolute Gasteiger partial charge is 0.375 e. The number of aliphatic hydroxyl groups excluding tert-OH is 1. The predicted molar refractivity (Wildman–Crippen MR) is 232 cm³/mol. The van der Waals surface area contributed by atoms with Crippen LogP contribution in [-0.4, -0.2) is 23.5 Å². The first-order valence-corrected chi connectivity index (χ1v) is 22.0. The molecule has 6 nitrogen and oxygen atoms in total. The number of anilines is 1. The zero-order valence-electron chi connectivity index (χ0n) is 35.2. The number of oxazole rings is 1. The number of hydrogen-bond acceptors (Lipinski definition) is 5. The van der Waals surface area contributed by atoms with E-state index in [1.165, 1.54) is 89.0 Å². The number of aryl methyl sites for hydroxylation is 1. The summed E-state index contributed by atoms with van der Waals surface area (Å²) in [6.45, 7) is 14.7. The first-order valence-electron chi connectivity index (χ1n) is 22.0. The number of carbonyl (C=O) groups excluding carboxylic acids is 1. The molecule has 0 bridgehead atoms. The fourth-order valence-corrected chi connectivity index (χ4v) is 8.68. The van der Waals surface area contributed by atoms with Gasteiger partial charge in [-0.1, -0.05) is 135 Å².